The monoisotopic (exact) mass is 430 g/mol. The molecule has 0 saturated carbocycles. The standard InChI is InChI=1S/C23H26O8/c1-4-5-6-7-8-21(28-30-22(24)17-9-13-19(26-2)14-10-17)29-31-23(25)18-11-15-20(27-3)16-12-18/h9-16H,1,4-8H2,2-3H3. The third-order valence-electron chi connectivity index (χ3n) is 4.20. The van der Waals surface area contributed by atoms with Gasteiger partial charge in [-0.15, -0.1) is 9.78 Å². The molecule has 2 aromatic rings. The van der Waals surface area contributed by atoms with Gasteiger partial charge in [0.05, 0.1) is 25.3 Å². The van der Waals surface area contributed by atoms with Gasteiger partial charge in [0.2, 0.25) is 0 Å². The van der Waals surface area contributed by atoms with Crippen LogP contribution in [0.3, 0.4) is 0 Å². The smallest absolute Gasteiger partial charge is 0.373 e. The summed E-state index contributed by atoms with van der Waals surface area (Å²) >= 11 is 0. The molecule has 0 aliphatic rings. The molecule has 8 nitrogen and oxygen atoms in total. The summed E-state index contributed by atoms with van der Waals surface area (Å²) in [7, 11) is 3.05. The molecule has 2 aromatic carbocycles. The zero-order valence-electron chi connectivity index (χ0n) is 17.6. The van der Waals surface area contributed by atoms with Crippen LogP contribution in [0, 0.1) is 13.2 Å². The van der Waals surface area contributed by atoms with E-state index in [1.54, 1.807) is 24.3 Å². The van der Waals surface area contributed by atoms with Gasteiger partial charge in [0.15, 0.2) is 0 Å². The SMILES string of the molecule is [CH2]CCCCC[C](OOC(=O)c1ccc(OC)cc1)OOC(=O)c1ccc(OC)cc1. The Hall–Kier alpha value is -3.10. The lowest BCUT2D eigenvalue weighted by molar-refractivity contribution is -0.363. The lowest BCUT2D eigenvalue weighted by Gasteiger charge is -2.13. The van der Waals surface area contributed by atoms with Crippen molar-refractivity contribution in [2.45, 2.75) is 32.1 Å². The first-order valence-electron chi connectivity index (χ1n) is 9.78. The normalized spacial score (nSPS) is 10.6. The van der Waals surface area contributed by atoms with Gasteiger partial charge in [0.1, 0.15) is 11.5 Å². The Bertz CT molecular complexity index is 738. The van der Waals surface area contributed by atoms with E-state index in [1.807, 2.05) is 0 Å². The van der Waals surface area contributed by atoms with Crippen molar-refractivity contribution in [3.05, 3.63) is 72.9 Å². The third-order valence-corrected chi connectivity index (χ3v) is 4.20. The predicted octanol–water partition coefficient (Wildman–Crippen LogP) is 4.85. The molecule has 0 atom stereocenters. The summed E-state index contributed by atoms with van der Waals surface area (Å²) in [5.74, 6) is -0.265. The Morgan fingerprint density at radius 1 is 0.677 bits per heavy atom. The highest BCUT2D eigenvalue weighted by atomic mass is 17.3. The molecular weight excluding hydrogens is 404 g/mol. The number of benzene rings is 2. The zero-order valence-corrected chi connectivity index (χ0v) is 17.6. The molecule has 0 fully saturated rings. The molecule has 0 aliphatic carbocycles. The predicted molar refractivity (Wildman–Crippen MR) is 111 cm³/mol. The summed E-state index contributed by atoms with van der Waals surface area (Å²) in [6.07, 6.45) is 3.38. The van der Waals surface area contributed by atoms with Crippen molar-refractivity contribution in [3.63, 3.8) is 0 Å². The highest BCUT2D eigenvalue weighted by Gasteiger charge is 2.21. The van der Waals surface area contributed by atoms with Crippen LogP contribution in [0.5, 0.6) is 11.5 Å². The molecule has 2 rings (SSSR count). The number of ether oxygens (including phenoxy) is 2. The van der Waals surface area contributed by atoms with Gasteiger partial charge in [0, 0.05) is 6.42 Å². The van der Waals surface area contributed by atoms with Crippen LogP contribution in [-0.4, -0.2) is 26.2 Å². The molecule has 0 bridgehead atoms. The second-order valence-electron chi connectivity index (χ2n) is 6.40. The highest BCUT2D eigenvalue weighted by Crippen LogP contribution is 2.20. The third kappa shape index (κ3) is 8.27. The van der Waals surface area contributed by atoms with Crippen LogP contribution in [0.25, 0.3) is 0 Å². The number of rotatable bonds is 13. The van der Waals surface area contributed by atoms with E-state index < -0.39 is 11.9 Å². The van der Waals surface area contributed by atoms with Crippen molar-refractivity contribution in [1.82, 2.24) is 0 Å². The molecule has 0 aromatic heterocycles. The van der Waals surface area contributed by atoms with E-state index >= 15 is 0 Å². The quantitative estimate of drug-likeness (QED) is 0.253. The number of unbranched alkanes of at least 4 members (excludes halogenated alkanes) is 3. The fraction of sp³-hybridized carbons (Fsp3) is 0.304. The molecule has 0 aliphatic heterocycles. The lowest BCUT2D eigenvalue weighted by atomic mass is 10.1. The first-order valence-corrected chi connectivity index (χ1v) is 9.78. The maximum Gasteiger partial charge on any atom is 0.373 e. The highest BCUT2D eigenvalue weighted by molar-refractivity contribution is 5.89. The van der Waals surface area contributed by atoms with Gasteiger partial charge >= 0.3 is 18.2 Å². The minimum atomic E-state index is -0.733. The molecular formula is C23H26O8. The summed E-state index contributed by atoms with van der Waals surface area (Å²) in [4.78, 5) is 44.0. The van der Waals surface area contributed by atoms with Gasteiger partial charge in [-0.1, -0.05) is 26.2 Å². The largest absolute Gasteiger partial charge is 0.497 e. The maximum atomic E-state index is 12.2. The maximum absolute atomic E-state index is 12.2. The van der Waals surface area contributed by atoms with Gasteiger partial charge < -0.3 is 9.47 Å². The second-order valence-corrected chi connectivity index (χ2v) is 6.40. The molecule has 31 heavy (non-hydrogen) atoms. The minimum absolute atomic E-state index is 0.146. The van der Waals surface area contributed by atoms with E-state index in [1.165, 1.54) is 38.5 Å². The number of hydrogen-bond donors (Lipinski definition) is 0. The van der Waals surface area contributed by atoms with Crippen LogP contribution in [0.1, 0.15) is 52.8 Å². The van der Waals surface area contributed by atoms with Crippen molar-refractivity contribution in [2.75, 3.05) is 14.2 Å². The van der Waals surface area contributed by atoms with E-state index in [9.17, 15) is 9.59 Å². The minimum Gasteiger partial charge on any atom is -0.497 e. The summed E-state index contributed by atoms with van der Waals surface area (Å²) in [6.45, 7) is 3.79. The average molecular weight is 430 g/mol. The Balaban J connectivity index is 1.90. The molecule has 0 amide bonds. The van der Waals surface area contributed by atoms with Gasteiger partial charge in [-0.05, 0) is 55.0 Å². The zero-order chi connectivity index (χ0) is 22.5. The van der Waals surface area contributed by atoms with Crippen LogP contribution in [0.2, 0.25) is 0 Å². The molecule has 2 radical (unpaired) electrons. The van der Waals surface area contributed by atoms with Gasteiger partial charge in [-0.2, -0.15) is 0 Å². The molecule has 8 heteroatoms. The molecule has 0 heterocycles. The van der Waals surface area contributed by atoms with E-state index in [0.717, 1.165) is 19.3 Å². The lowest BCUT2D eigenvalue weighted by Crippen LogP contribution is -2.16. The van der Waals surface area contributed by atoms with E-state index in [2.05, 4.69) is 6.92 Å². The van der Waals surface area contributed by atoms with Crippen molar-refractivity contribution in [3.8, 4) is 11.5 Å². The fourth-order valence-electron chi connectivity index (χ4n) is 2.44. The topological polar surface area (TPSA) is 89.5 Å². The Morgan fingerprint density at radius 3 is 1.52 bits per heavy atom. The number of hydrogen-bond acceptors (Lipinski definition) is 8. The van der Waals surface area contributed by atoms with Crippen LogP contribution >= 0.6 is 0 Å². The molecule has 0 saturated heterocycles. The fourth-order valence-corrected chi connectivity index (χ4v) is 2.44. The van der Waals surface area contributed by atoms with Crippen molar-refractivity contribution >= 4 is 11.9 Å². The summed E-state index contributed by atoms with van der Waals surface area (Å²) < 4.78 is 10.1. The van der Waals surface area contributed by atoms with E-state index in [4.69, 9.17) is 29.0 Å². The van der Waals surface area contributed by atoms with Crippen molar-refractivity contribution in [1.29, 1.82) is 0 Å². The number of carbonyl (C=O) groups is 2. The van der Waals surface area contributed by atoms with Gasteiger partial charge in [0.25, 0.3) is 0 Å². The Morgan fingerprint density at radius 2 is 1.13 bits per heavy atom. The molecule has 0 unspecified atom stereocenters. The molecule has 166 valence electrons. The first kappa shape index (κ1) is 24.2. The summed E-state index contributed by atoms with van der Waals surface area (Å²) in [5.41, 5.74) is 0.514. The molecule has 0 spiro atoms. The second kappa shape index (κ2) is 13.3. The average Bonchev–Trinajstić information content (AvgIpc) is 2.82. The van der Waals surface area contributed by atoms with Gasteiger partial charge in [-0.25, -0.2) is 9.59 Å². The number of methoxy groups -OCH3 is 2. The van der Waals surface area contributed by atoms with Crippen LogP contribution in [0.15, 0.2) is 48.5 Å². The first-order chi connectivity index (χ1) is 15.1. The van der Waals surface area contributed by atoms with Crippen LogP contribution in [-0.2, 0) is 19.6 Å². The van der Waals surface area contributed by atoms with E-state index in [-0.39, 0.29) is 23.8 Å². The van der Waals surface area contributed by atoms with Crippen molar-refractivity contribution < 1.29 is 38.6 Å². The van der Waals surface area contributed by atoms with Gasteiger partial charge in [-0.3, -0.25) is 9.78 Å². The Kier molecular flexibility index (Phi) is 10.3. The molecule has 0 N–H and O–H groups in total. The van der Waals surface area contributed by atoms with E-state index in [0.29, 0.717) is 17.9 Å². The summed E-state index contributed by atoms with van der Waals surface area (Å²) in [5, 5.41) is 0. The van der Waals surface area contributed by atoms with Crippen LogP contribution in [0.4, 0.5) is 0 Å². The Labute approximate surface area is 181 Å². The van der Waals surface area contributed by atoms with Crippen molar-refractivity contribution in [2.24, 2.45) is 0 Å². The number of carbonyl (C=O) groups excluding carboxylic acids is 2. The summed E-state index contributed by atoms with van der Waals surface area (Å²) in [6, 6.07) is 12.6. The van der Waals surface area contributed by atoms with Crippen LogP contribution < -0.4 is 9.47 Å².